The van der Waals surface area contributed by atoms with E-state index >= 15 is 0 Å². The van der Waals surface area contributed by atoms with Crippen molar-refractivity contribution < 1.29 is 19.1 Å². The molecule has 1 aliphatic heterocycles. The third-order valence-electron chi connectivity index (χ3n) is 4.61. The monoisotopic (exact) mass is 346 g/mol. The molecule has 0 spiro atoms. The molecule has 1 amide bonds. The first-order chi connectivity index (χ1) is 12.0. The van der Waals surface area contributed by atoms with Crippen molar-refractivity contribution in [1.29, 1.82) is 0 Å². The number of amides is 1. The highest BCUT2D eigenvalue weighted by Gasteiger charge is 2.29. The lowest BCUT2D eigenvalue weighted by Crippen LogP contribution is -2.44. The number of hydrogen-bond acceptors (Lipinski definition) is 3. The van der Waals surface area contributed by atoms with Crippen molar-refractivity contribution in [3.05, 3.63) is 46.0 Å². The molecule has 0 saturated carbocycles. The van der Waals surface area contributed by atoms with Gasteiger partial charge < -0.3 is 15.0 Å². The summed E-state index contributed by atoms with van der Waals surface area (Å²) >= 11 is 0. The van der Waals surface area contributed by atoms with Gasteiger partial charge in [-0.15, -0.1) is 0 Å². The lowest BCUT2D eigenvalue weighted by Gasteiger charge is -2.36. The number of carboxylic acids is 1. The van der Waals surface area contributed by atoms with Crippen molar-refractivity contribution in [2.45, 2.75) is 38.1 Å². The zero-order chi connectivity index (χ0) is 18.0. The van der Waals surface area contributed by atoms with Crippen LogP contribution < -0.4 is 5.56 Å². The molecular formula is C18H19FN2O4. The molecule has 1 atom stereocenters. The minimum atomic E-state index is -0.893. The molecule has 1 aromatic carbocycles. The molecule has 1 aromatic heterocycles. The largest absolute Gasteiger partial charge is 0.481 e. The number of carbonyl (C=O) groups excluding carboxylic acids is 1. The number of aliphatic carboxylic acids is 1. The number of benzene rings is 1. The highest BCUT2D eigenvalue weighted by Crippen LogP contribution is 2.25. The zero-order valence-electron chi connectivity index (χ0n) is 13.6. The normalized spacial score (nSPS) is 17.6. The number of aromatic amines is 1. The third kappa shape index (κ3) is 3.70. The van der Waals surface area contributed by atoms with Crippen LogP contribution in [-0.2, 0) is 4.79 Å². The lowest BCUT2D eigenvalue weighted by atomic mass is 9.96. The average Bonchev–Trinajstić information content (AvgIpc) is 2.58. The van der Waals surface area contributed by atoms with E-state index in [1.54, 1.807) is 4.90 Å². The summed E-state index contributed by atoms with van der Waals surface area (Å²) in [6.45, 7) is 0.526. The van der Waals surface area contributed by atoms with Crippen LogP contribution in [0.15, 0.2) is 29.1 Å². The second kappa shape index (κ2) is 7.04. The number of nitrogens with one attached hydrogen (secondary N) is 1. The van der Waals surface area contributed by atoms with Crippen LogP contribution in [0.4, 0.5) is 4.39 Å². The van der Waals surface area contributed by atoms with Crippen LogP contribution in [-0.4, -0.2) is 39.5 Å². The molecule has 2 N–H and O–H groups in total. The quantitative estimate of drug-likeness (QED) is 0.890. The molecule has 0 unspecified atom stereocenters. The van der Waals surface area contributed by atoms with Gasteiger partial charge in [0.05, 0.1) is 11.1 Å². The number of fused-ring (bicyclic) bond motifs is 1. The van der Waals surface area contributed by atoms with Gasteiger partial charge in [0.1, 0.15) is 5.82 Å². The molecule has 1 aliphatic rings. The van der Waals surface area contributed by atoms with Crippen LogP contribution in [0.1, 0.15) is 42.5 Å². The molecule has 0 radical (unpaired) electrons. The molecule has 2 heterocycles. The Labute approximate surface area is 143 Å². The Morgan fingerprint density at radius 1 is 1.28 bits per heavy atom. The number of carboxylic acid groups (broad SMARTS) is 1. The van der Waals surface area contributed by atoms with Gasteiger partial charge >= 0.3 is 5.97 Å². The second-order valence-electron chi connectivity index (χ2n) is 6.32. The van der Waals surface area contributed by atoms with Crippen molar-refractivity contribution in [3.63, 3.8) is 0 Å². The first kappa shape index (κ1) is 17.1. The number of pyridine rings is 1. The Kier molecular flexibility index (Phi) is 4.83. The van der Waals surface area contributed by atoms with Crippen molar-refractivity contribution in [2.75, 3.05) is 6.54 Å². The van der Waals surface area contributed by atoms with Gasteiger partial charge in [0.25, 0.3) is 5.91 Å². The summed E-state index contributed by atoms with van der Waals surface area (Å²) in [5.74, 6) is -1.70. The fraction of sp³-hybridized carbons (Fsp3) is 0.389. The summed E-state index contributed by atoms with van der Waals surface area (Å²) < 4.78 is 13.4. The molecule has 2 aromatic rings. The van der Waals surface area contributed by atoms with Gasteiger partial charge in [-0.1, -0.05) is 0 Å². The summed E-state index contributed by atoms with van der Waals surface area (Å²) in [4.78, 5) is 40.0. The van der Waals surface area contributed by atoms with E-state index in [4.69, 9.17) is 5.11 Å². The topological polar surface area (TPSA) is 90.5 Å². The van der Waals surface area contributed by atoms with Crippen LogP contribution in [0.2, 0.25) is 0 Å². The number of piperidine rings is 1. The van der Waals surface area contributed by atoms with Crippen LogP contribution in [0.25, 0.3) is 10.9 Å². The average molecular weight is 346 g/mol. The smallest absolute Gasteiger partial charge is 0.303 e. The fourth-order valence-corrected chi connectivity index (χ4v) is 3.42. The van der Waals surface area contributed by atoms with Gasteiger partial charge in [-0.05, 0) is 43.9 Å². The Morgan fingerprint density at radius 3 is 2.84 bits per heavy atom. The maximum absolute atomic E-state index is 13.4. The van der Waals surface area contributed by atoms with Crippen LogP contribution in [0, 0.1) is 5.82 Å². The van der Waals surface area contributed by atoms with E-state index in [0.29, 0.717) is 18.4 Å². The predicted octanol–water partition coefficient (Wildman–Crippen LogP) is 2.53. The number of rotatable bonds is 4. The lowest BCUT2D eigenvalue weighted by molar-refractivity contribution is -0.137. The number of carbonyl (C=O) groups is 2. The van der Waals surface area contributed by atoms with Crippen LogP contribution in [0.3, 0.4) is 0 Å². The van der Waals surface area contributed by atoms with E-state index < -0.39 is 17.3 Å². The number of nitrogens with zero attached hydrogens (tertiary/aromatic N) is 1. The summed E-state index contributed by atoms with van der Waals surface area (Å²) in [7, 11) is 0. The Bertz CT molecular complexity index is 877. The van der Waals surface area contributed by atoms with E-state index in [2.05, 4.69) is 4.98 Å². The maximum atomic E-state index is 13.4. The van der Waals surface area contributed by atoms with Crippen LogP contribution in [0.5, 0.6) is 0 Å². The van der Waals surface area contributed by atoms with E-state index in [0.717, 1.165) is 19.3 Å². The predicted molar refractivity (Wildman–Crippen MR) is 90.1 cm³/mol. The van der Waals surface area contributed by atoms with Crippen LogP contribution >= 0.6 is 0 Å². The number of hydrogen-bond donors (Lipinski definition) is 2. The van der Waals surface area contributed by atoms with E-state index in [-0.39, 0.29) is 29.4 Å². The molecule has 1 saturated heterocycles. The molecule has 25 heavy (non-hydrogen) atoms. The fourth-order valence-electron chi connectivity index (χ4n) is 3.42. The third-order valence-corrected chi connectivity index (χ3v) is 4.61. The van der Waals surface area contributed by atoms with Gasteiger partial charge in [0.15, 0.2) is 0 Å². The van der Waals surface area contributed by atoms with Gasteiger partial charge in [-0.2, -0.15) is 0 Å². The van der Waals surface area contributed by atoms with Gasteiger partial charge in [-0.3, -0.25) is 14.4 Å². The van der Waals surface area contributed by atoms with Crippen molar-refractivity contribution >= 4 is 22.8 Å². The number of likely N-dealkylation sites (tertiary alicyclic amines) is 1. The molecule has 3 rings (SSSR count). The molecule has 0 bridgehead atoms. The van der Waals surface area contributed by atoms with Gasteiger partial charge in [0.2, 0.25) is 5.56 Å². The number of H-pyrrole nitrogens is 1. The molecule has 0 aliphatic carbocycles. The maximum Gasteiger partial charge on any atom is 0.303 e. The minimum absolute atomic E-state index is 0.00419. The SMILES string of the molecule is O=C(O)CC[C@H]1CCCCN1C(=O)c1cc(=O)[nH]c2cc(F)ccc12. The second-order valence-corrected chi connectivity index (χ2v) is 6.32. The molecule has 1 fully saturated rings. The molecular weight excluding hydrogens is 327 g/mol. The van der Waals surface area contributed by atoms with E-state index in [1.807, 2.05) is 0 Å². The van der Waals surface area contributed by atoms with Crippen molar-refractivity contribution in [2.24, 2.45) is 0 Å². The standard InChI is InChI=1S/C18H19FN2O4/c19-11-4-6-13-14(10-16(22)20-15(13)9-11)18(25)21-8-2-1-3-12(21)5-7-17(23)24/h4,6,9-10,12H,1-3,5,7-8H2,(H,20,22)(H,23,24)/t12-/m1/s1. The Balaban J connectivity index is 1.97. The van der Waals surface area contributed by atoms with E-state index in [1.165, 1.54) is 24.3 Å². The van der Waals surface area contributed by atoms with Crippen molar-refractivity contribution in [1.82, 2.24) is 9.88 Å². The highest BCUT2D eigenvalue weighted by molar-refractivity contribution is 6.06. The van der Waals surface area contributed by atoms with Gasteiger partial charge in [0, 0.05) is 30.5 Å². The Morgan fingerprint density at radius 2 is 2.08 bits per heavy atom. The van der Waals surface area contributed by atoms with Crippen molar-refractivity contribution in [3.8, 4) is 0 Å². The zero-order valence-corrected chi connectivity index (χ0v) is 13.6. The number of aromatic nitrogens is 1. The molecule has 132 valence electrons. The minimum Gasteiger partial charge on any atom is -0.481 e. The first-order valence-electron chi connectivity index (χ1n) is 8.31. The molecule has 6 nitrogen and oxygen atoms in total. The summed E-state index contributed by atoms with van der Waals surface area (Å²) in [6.07, 6.45) is 2.90. The molecule has 7 heteroatoms. The van der Waals surface area contributed by atoms with E-state index in [9.17, 15) is 18.8 Å². The Hall–Kier alpha value is -2.70. The van der Waals surface area contributed by atoms with Gasteiger partial charge in [-0.25, -0.2) is 4.39 Å². The highest BCUT2D eigenvalue weighted by atomic mass is 19.1. The first-order valence-corrected chi connectivity index (χ1v) is 8.31. The number of halogens is 1. The summed E-state index contributed by atoms with van der Waals surface area (Å²) in [6, 6.07) is 4.98. The summed E-state index contributed by atoms with van der Waals surface area (Å²) in [5, 5.41) is 9.39. The summed E-state index contributed by atoms with van der Waals surface area (Å²) in [5.41, 5.74) is 0.0245.